The van der Waals surface area contributed by atoms with Crippen molar-refractivity contribution in [2.45, 2.75) is 20.4 Å². The third-order valence-electron chi connectivity index (χ3n) is 2.26. The molecule has 0 amide bonds. The molecule has 1 heterocycles. The number of halogens is 1. The zero-order chi connectivity index (χ0) is 13.0. The van der Waals surface area contributed by atoms with Crippen LogP contribution in [0.4, 0.5) is 0 Å². The van der Waals surface area contributed by atoms with E-state index in [0.29, 0.717) is 5.19 Å². The van der Waals surface area contributed by atoms with Gasteiger partial charge in [-0.2, -0.15) is 0 Å². The summed E-state index contributed by atoms with van der Waals surface area (Å²) in [5, 5.41) is 12.8. The van der Waals surface area contributed by atoms with Gasteiger partial charge in [-0.15, -0.1) is 5.10 Å². The van der Waals surface area contributed by atoms with E-state index in [0.717, 1.165) is 28.3 Å². The fourth-order valence-electron chi connectivity index (χ4n) is 1.37. The van der Waals surface area contributed by atoms with Gasteiger partial charge in [-0.1, -0.05) is 29.4 Å². The van der Waals surface area contributed by atoms with E-state index in [1.165, 1.54) is 16.9 Å². The van der Waals surface area contributed by atoms with Gasteiger partial charge in [-0.3, -0.25) is 0 Å². The Hall–Kier alpha value is -0.980. The molecule has 18 heavy (non-hydrogen) atoms. The summed E-state index contributed by atoms with van der Waals surface area (Å²) < 4.78 is 6.62. The lowest BCUT2D eigenvalue weighted by Gasteiger charge is -2.04. The van der Waals surface area contributed by atoms with E-state index in [1.807, 2.05) is 25.1 Å². The molecule has 1 N–H and O–H groups in total. The first-order chi connectivity index (χ1) is 8.69. The van der Waals surface area contributed by atoms with Crippen molar-refractivity contribution in [3.8, 4) is 10.9 Å². The van der Waals surface area contributed by atoms with Gasteiger partial charge in [-0.25, -0.2) is 0 Å². The van der Waals surface area contributed by atoms with E-state index < -0.39 is 0 Å². The van der Waals surface area contributed by atoms with Crippen LogP contribution in [0.3, 0.4) is 0 Å². The van der Waals surface area contributed by atoms with E-state index in [2.05, 4.69) is 38.4 Å². The number of nitrogens with one attached hydrogen (secondary N) is 1. The minimum atomic E-state index is 0.562. The predicted octanol–water partition coefficient (Wildman–Crippen LogP) is 3.51. The predicted molar refractivity (Wildman–Crippen MR) is 76.2 cm³/mol. The number of benzene rings is 1. The average Bonchev–Trinajstić information content (AvgIpc) is 2.78. The Morgan fingerprint density at radius 1 is 1.39 bits per heavy atom. The van der Waals surface area contributed by atoms with Crippen molar-refractivity contribution in [1.82, 2.24) is 15.5 Å². The van der Waals surface area contributed by atoms with Gasteiger partial charge in [0.1, 0.15) is 10.8 Å². The Bertz CT molecular complexity index is 530. The molecule has 0 aliphatic carbocycles. The van der Waals surface area contributed by atoms with Crippen LogP contribution >= 0.6 is 27.3 Å². The third kappa shape index (κ3) is 3.51. The Labute approximate surface area is 119 Å². The van der Waals surface area contributed by atoms with Crippen LogP contribution < -0.4 is 10.1 Å². The molecular weight excluding hydrogens is 314 g/mol. The molecule has 0 saturated carbocycles. The molecule has 0 spiro atoms. The molecular formula is C12H14BrN3OS. The van der Waals surface area contributed by atoms with E-state index in [-0.39, 0.29) is 0 Å². The van der Waals surface area contributed by atoms with Crippen molar-refractivity contribution in [3.63, 3.8) is 0 Å². The second-order valence-electron chi connectivity index (χ2n) is 3.78. The van der Waals surface area contributed by atoms with Crippen LogP contribution in [0.2, 0.25) is 0 Å². The highest BCUT2D eigenvalue weighted by molar-refractivity contribution is 9.10. The maximum atomic E-state index is 5.70. The van der Waals surface area contributed by atoms with Crippen LogP contribution in [0.15, 0.2) is 22.7 Å². The summed E-state index contributed by atoms with van der Waals surface area (Å²) >= 11 is 4.93. The summed E-state index contributed by atoms with van der Waals surface area (Å²) in [6.07, 6.45) is 0. The number of ether oxygens (including phenoxy) is 1. The quantitative estimate of drug-likeness (QED) is 0.912. The van der Waals surface area contributed by atoms with Gasteiger partial charge in [-0.05, 0) is 47.1 Å². The second-order valence-corrected chi connectivity index (χ2v) is 5.66. The Morgan fingerprint density at radius 2 is 2.22 bits per heavy atom. The first-order valence-corrected chi connectivity index (χ1v) is 7.27. The minimum absolute atomic E-state index is 0.562. The standard InChI is InChI=1S/C12H14BrN3OS/c1-3-14-7-11-15-16-12(18-11)17-10-5-4-8(2)6-9(10)13/h4-6,14H,3,7H2,1-2H3. The van der Waals surface area contributed by atoms with Crippen LogP contribution in [0.1, 0.15) is 17.5 Å². The summed E-state index contributed by atoms with van der Waals surface area (Å²) in [7, 11) is 0. The van der Waals surface area contributed by atoms with Gasteiger partial charge >= 0.3 is 0 Å². The number of hydrogen-bond acceptors (Lipinski definition) is 5. The molecule has 96 valence electrons. The fourth-order valence-corrected chi connectivity index (χ4v) is 2.61. The molecule has 6 heteroatoms. The molecule has 0 saturated heterocycles. The average molecular weight is 328 g/mol. The molecule has 1 aromatic heterocycles. The van der Waals surface area contributed by atoms with Gasteiger partial charge in [0.25, 0.3) is 5.19 Å². The Kier molecular flexibility index (Phi) is 4.68. The maximum absolute atomic E-state index is 5.70. The topological polar surface area (TPSA) is 47.0 Å². The van der Waals surface area contributed by atoms with Gasteiger partial charge in [0.05, 0.1) is 4.47 Å². The molecule has 0 fully saturated rings. The smallest absolute Gasteiger partial charge is 0.299 e. The molecule has 0 radical (unpaired) electrons. The third-order valence-corrected chi connectivity index (χ3v) is 3.68. The van der Waals surface area contributed by atoms with Gasteiger partial charge < -0.3 is 10.1 Å². The lowest BCUT2D eigenvalue weighted by Crippen LogP contribution is -2.11. The molecule has 4 nitrogen and oxygen atoms in total. The summed E-state index contributed by atoms with van der Waals surface area (Å²) in [5.41, 5.74) is 1.18. The lowest BCUT2D eigenvalue weighted by molar-refractivity contribution is 0.470. The van der Waals surface area contributed by atoms with E-state index in [9.17, 15) is 0 Å². The molecule has 2 rings (SSSR count). The normalized spacial score (nSPS) is 10.6. The monoisotopic (exact) mass is 327 g/mol. The van der Waals surface area contributed by atoms with Crippen molar-refractivity contribution in [2.75, 3.05) is 6.54 Å². The Morgan fingerprint density at radius 3 is 2.94 bits per heavy atom. The molecule has 0 unspecified atom stereocenters. The first-order valence-electron chi connectivity index (χ1n) is 5.66. The zero-order valence-corrected chi connectivity index (χ0v) is 12.6. The highest BCUT2D eigenvalue weighted by atomic mass is 79.9. The summed E-state index contributed by atoms with van der Waals surface area (Å²) in [4.78, 5) is 0. The molecule has 2 aromatic rings. The maximum Gasteiger partial charge on any atom is 0.299 e. The van der Waals surface area contributed by atoms with E-state index in [1.54, 1.807) is 0 Å². The fraction of sp³-hybridized carbons (Fsp3) is 0.333. The summed E-state index contributed by atoms with van der Waals surface area (Å²) in [5.74, 6) is 0.756. The number of rotatable bonds is 5. The van der Waals surface area contributed by atoms with Crippen molar-refractivity contribution >= 4 is 27.3 Å². The van der Waals surface area contributed by atoms with Crippen LogP contribution in [0.5, 0.6) is 10.9 Å². The number of aryl methyl sites for hydroxylation is 1. The number of nitrogens with zero attached hydrogens (tertiary/aromatic N) is 2. The number of aromatic nitrogens is 2. The number of hydrogen-bond donors (Lipinski definition) is 1. The molecule has 0 aliphatic rings. The van der Waals surface area contributed by atoms with E-state index >= 15 is 0 Å². The minimum Gasteiger partial charge on any atom is -0.429 e. The first kappa shape index (κ1) is 13.5. The largest absolute Gasteiger partial charge is 0.429 e. The highest BCUT2D eigenvalue weighted by Crippen LogP contribution is 2.31. The highest BCUT2D eigenvalue weighted by Gasteiger charge is 2.08. The molecule has 0 aliphatic heterocycles. The zero-order valence-electron chi connectivity index (χ0n) is 10.2. The van der Waals surface area contributed by atoms with E-state index in [4.69, 9.17) is 4.74 Å². The lowest BCUT2D eigenvalue weighted by atomic mass is 10.2. The van der Waals surface area contributed by atoms with Crippen LogP contribution in [-0.4, -0.2) is 16.7 Å². The second kappa shape index (κ2) is 6.26. The van der Waals surface area contributed by atoms with Crippen molar-refractivity contribution in [2.24, 2.45) is 0 Å². The van der Waals surface area contributed by atoms with Crippen molar-refractivity contribution < 1.29 is 4.74 Å². The van der Waals surface area contributed by atoms with Crippen molar-refractivity contribution in [3.05, 3.63) is 33.2 Å². The molecule has 0 bridgehead atoms. The van der Waals surface area contributed by atoms with Gasteiger partial charge in [0.15, 0.2) is 0 Å². The van der Waals surface area contributed by atoms with Crippen LogP contribution in [0, 0.1) is 6.92 Å². The Balaban J connectivity index is 2.06. The SMILES string of the molecule is CCNCc1nnc(Oc2ccc(C)cc2Br)s1. The summed E-state index contributed by atoms with van der Waals surface area (Å²) in [6.45, 7) is 5.74. The van der Waals surface area contributed by atoms with Crippen LogP contribution in [-0.2, 0) is 6.54 Å². The molecule has 1 aromatic carbocycles. The van der Waals surface area contributed by atoms with Crippen LogP contribution in [0.25, 0.3) is 0 Å². The van der Waals surface area contributed by atoms with Gasteiger partial charge in [0, 0.05) is 6.54 Å². The van der Waals surface area contributed by atoms with Gasteiger partial charge in [0.2, 0.25) is 0 Å². The molecule has 0 atom stereocenters. The van der Waals surface area contributed by atoms with Crippen molar-refractivity contribution in [1.29, 1.82) is 0 Å². The summed E-state index contributed by atoms with van der Waals surface area (Å²) in [6, 6.07) is 5.93.